The highest BCUT2D eigenvalue weighted by Crippen LogP contribution is 2.24. The number of nitrogens with zero attached hydrogens (tertiary/aromatic N) is 2. The van der Waals surface area contributed by atoms with Gasteiger partial charge in [0, 0.05) is 17.5 Å². The Balaban J connectivity index is 1.89. The fourth-order valence-electron chi connectivity index (χ4n) is 3.07. The van der Waals surface area contributed by atoms with Gasteiger partial charge in [0.15, 0.2) is 12.5 Å². The van der Waals surface area contributed by atoms with Gasteiger partial charge in [0.05, 0.1) is 23.9 Å². The van der Waals surface area contributed by atoms with E-state index in [9.17, 15) is 9.59 Å². The van der Waals surface area contributed by atoms with Crippen molar-refractivity contribution in [2.45, 2.75) is 33.4 Å². The number of benzene rings is 2. The largest absolute Gasteiger partial charge is 0.478 e. The topological polar surface area (TPSA) is 82.4 Å². The van der Waals surface area contributed by atoms with Crippen LogP contribution in [0.5, 0.6) is 0 Å². The van der Waals surface area contributed by atoms with Crippen molar-refractivity contribution in [2.75, 3.05) is 12.4 Å². The van der Waals surface area contributed by atoms with Gasteiger partial charge in [-0.25, -0.2) is 9.78 Å². The summed E-state index contributed by atoms with van der Waals surface area (Å²) < 4.78 is 12.2. The number of imidazole rings is 1. The highest BCUT2D eigenvalue weighted by molar-refractivity contribution is 6.10. The Labute approximate surface area is 181 Å². The van der Waals surface area contributed by atoms with Gasteiger partial charge in [-0.15, -0.1) is 0 Å². The van der Waals surface area contributed by atoms with Gasteiger partial charge in [-0.2, -0.15) is 0 Å². The van der Waals surface area contributed by atoms with Crippen LogP contribution in [0.3, 0.4) is 0 Å². The van der Waals surface area contributed by atoms with E-state index in [1.807, 2.05) is 18.2 Å². The summed E-state index contributed by atoms with van der Waals surface area (Å²) in [5.74, 6) is 1.38. The van der Waals surface area contributed by atoms with Crippen molar-refractivity contribution in [1.82, 2.24) is 9.55 Å². The zero-order valence-corrected chi connectivity index (χ0v) is 18.1. The number of ether oxygens (including phenoxy) is 2. The van der Waals surface area contributed by atoms with Crippen molar-refractivity contribution in [3.05, 3.63) is 72.0 Å². The van der Waals surface area contributed by atoms with E-state index in [1.54, 1.807) is 34.9 Å². The number of carbonyl (C=O) groups is 2. The molecule has 2 aromatic carbocycles. The average molecular weight is 421 g/mol. The van der Waals surface area contributed by atoms with E-state index in [-0.39, 0.29) is 18.5 Å². The molecule has 0 bridgehead atoms. The van der Waals surface area contributed by atoms with Crippen LogP contribution >= 0.6 is 0 Å². The van der Waals surface area contributed by atoms with Gasteiger partial charge in [0.2, 0.25) is 5.95 Å². The highest BCUT2D eigenvalue weighted by Gasteiger charge is 2.17. The first kappa shape index (κ1) is 22.1. The number of methoxy groups -OCH3 is 1. The van der Waals surface area contributed by atoms with Crippen LogP contribution in [0.15, 0.2) is 60.9 Å². The normalized spacial score (nSPS) is 10.8. The Morgan fingerprint density at radius 2 is 1.87 bits per heavy atom. The van der Waals surface area contributed by atoms with Crippen LogP contribution in [-0.4, -0.2) is 28.5 Å². The maximum absolute atomic E-state index is 12.8. The number of amides is 1. The minimum atomic E-state index is -0.643. The summed E-state index contributed by atoms with van der Waals surface area (Å²) in [4.78, 5) is 29.1. The molecule has 1 heterocycles. The molecule has 7 heteroatoms. The molecule has 0 unspecified atom stereocenters. The fraction of sp³-hybridized carbons (Fsp3) is 0.292. The molecule has 3 rings (SSSR count). The number of hydrogen-bond donors (Lipinski definition) is 1. The van der Waals surface area contributed by atoms with Crippen LogP contribution in [0.1, 0.15) is 42.6 Å². The molecule has 0 spiro atoms. The van der Waals surface area contributed by atoms with E-state index in [0.29, 0.717) is 33.8 Å². The van der Waals surface area contributed by atoms with Crippen LogP contribution in [-0.2, 0) is 16.2 Å². The van der Waals surface area contributed by atoms with E-state index in [0.717, 1.165) is 12.8 Å². The summed E-state index contributed by atoms with van der Waals surface area (Å²) in [6.45, 7) is 8.38. The van der Waals surface area contributed by atoms with Gasteiger partial charge in [-0.05, 0) is 30.5 Å². The molecule has 1 amide bonds. The summed E-state index contributed by atoms with van der Waals surface area (Å²) in [6.07, 6.45) is 1.08. The number of nitrogens with one attached hydrogen (secondary N) is 1. The number of aromatic nitrogens is 2. The van der Waals surface area contributed by atoms with Crippen molar-refractivity contribution in [3.63, 3.8) is 0 Å². The standard InChI is InChI=1S/C24H27N3O4/c1-16(2)10-11-17(3)31-15-27-21-13-12-19(22(28)18-8-6-5-7-9-18)14-20(21)25-23(27)26-24(29)30-4/h5-9,12-14,16H,3,10-11,15H2,1-2,4H3,(H,25,26,29). The third-order valence-electron chi connectivity index (χ3n) is 4.84. The summed E-state index contributed by atoms with van der Waals surface area (Å²) >= 11 is 0. The number of ketones is 1. The van der Waals surface area contributed by atoms with Crippen LogP contribution in [0, 0.1) is 5.92 Å². The molecule has 0 aliphatic heterocycles. The Morgan fingerprint density at radius 3 is 2.55 bits per heavy atom. The van der Waals surface area contributed by atoms with Crippen molar-refractivity contribution >= 4 is 28.9 Å². The zero-order chi connectivity index (χ0) is 22.4. The van der Waals surface area contributed by atoms with Crippen molar-refractivity contribution in [2.24, 2.45) is 5.92 Å². The molecule has 0 atom stereocenters. The molecule has 31 heavy (non-hydrogen) atoms. The summed E-state index contributed by atoms with van der Waals surface area (Å²) in [5.41, 5.74) is 2.38. The molecule has 162 valence electrons. The monoisotopic (exact) mass is 421 g/mol. The molecule has 7 nitrogen and oxygen atoms in total. The molecule has 0 saturated carbocycles. The van der Waals surface area contributed by atoms with Gasteiger partial charge in [0.25, 0.3) is 0 Å². The average Bonchev–Trinajstić information content (AvgIpc) is 3.12. The van der Waals surface area contributed by atoms with Crippen LogP contribution < -0.4 is 5.32 Å². The first-order chi connectivity index (χ1) is 14.9. The predicted molar refractivity (Wildman–Crippen MR) is 120 cm³/mol. The van der Waals surface area contributed by atoms with Crippen LogP contribution in [0.25, 0.3) is 11.0 Å². The van der Waals surface area contributed by atoms with Gasteiger partial charge in [0.1, 0.15) is 0 Å². The van der Waals surface area contributed by atoms with E-state index >= 15 is 0 Å². The Hall–Kier alpha value is -3.61. The minimum absolute atomic E-state index is 0.0992. The molecule has 1 aromatic heterocycles. The van der Waals surface area contributed by atoms with E-state index in [4.69, 9.17) is 9.47 Å². The lowest BCUT2D eigenvalue weighted by Crippen LogP contribution is -2.16. The quantitative estimate of drug-likeness (QED) is 0.371. The smallest absolute Gasteiger partial charge is 0.413 e. The molecule has 0 radical (unpaired) electrons. The minimum Gasteiger partial charge on any atom is -0.478 e. The van der Waals surface area contributed by atoms with E-state index in [1.165, 1.54) is 7.11 Å². The second-order valence-corrected chi connectivity index (χ2v) is 7.62. The number of hydrogen-bond acceptors (Lipinski definition) is 5. The Bertz CT molecular complexity index is 1090. The number of carbonyl (C=O) groups excluding carboxylic acids is 2. The lowest BCUT2D eigenvalue weighted by Gasteiger charge is -2.14. The first-order valence-electron chi connectivity index (χ1n) is 10.1. The van der Waals surface area contributed by atoms with Crippen molar-refractivity contribution in [1.29, 1.82) is 0 Å². The maximum atomic E-state index is 12.8. The summed E-state index contributed by atoms with van der Waals surface area (Å²) in [5, 5.41) is 2.60. The molecule has 0 aliphatic rings. The van der Waals surface area contributed by atoms with Crippen LogP contribution in [0.4, 0.5) is 10.7 Å². The third-order valence-corrected chi connectivity index (χ3v) is 4.84. The van der Waals surface area contributed by atoms with Gasteiger partial charge < -0.3 is 9.47 Å². The number of anilines is 1. The lowest BCUT2D eigenvalue weighted by atomic mass is 10.0. The third kappa shape index (κ3) is 5.51. The van der Waals surface area contributed by atoms with Gasteiger partial charge in [-0.1, -0.05) is 50.8 Å². The number of allylic oxidation sites excluding steroid dienone is 1. The highest BCUT2D eigenvalue weighted by atomic mass is 16.5. The zero-order valence-electron chi connectivity index (χ0n) is 18.1. The molecule has 3 aromatic rings. The van der Waals surface area contributed by atoms with Crippen molar-refractivity contribution in [3.8, 4) is 0 Å². The molecular weight excluding hydrogens is 394 g/mol. The molecule has 0 fully saturated rings. The molecule has 0 saturated heterocycles. The summed E-state index contributed by atoms with van der Waals surface area (Å²) in [7, 11) is 1.28. The fourth-order valence-corrected chi connectivity index (χ4v) is 3.07. The first-order valence-corrected chi connectivity index (χ1v) is 10.1. The van der Waals surface area contributed by atoms with Crippen molar-refractivity contribution < 1.29 is 19.1 Å². The number of fused-ring (bicyclic) bond motifs is 1. The molecule has 1 N–H and O–H groups in total. The SMILES string of the molecule is C=C(CCC(C)C)OCn1c(NC(=O)OC)nc2cc(C(=O)c3ccccc3)ccc21. The van der Waals surface area contributed by atoms with Gasteiger partial charge >= 0.3 is 6.09 Å². The Kier molecular flexibility index (Phi) is 7.07. The second kappa shape index (κ2) is 9.93. The summed E-state index contributed by atoms with van der Waals surface area (Å²) in [6, 6.07) is 14.3. The van der Waals surface area contributed by atoms with Crippen LogP contribution in [0.2, 0.25) is 0 Å². The number of rotatable bonds is 9. The lowest BCUT2D eigenvalue weighted by molar-refractivity contribution is 0.103. The molecular formula is C24H27N3O4. The maximum Gasteiger partial charge on any atom is 0.413 e. The van der Waals surface area contributed by atoms with Gasteiger partial charge in [-0.3, -0.25) is 14.7 Å². The predicted octanol–water partition coefficient (Wildman–Crippen LogP) is 5.37. The van der Waals surface area contributed by atoms with E-state index in [2.05, 4.69) is 30.7 Å². The second-order valence-electron chi connectivity index (χ2n) is 7.62. The van der Waals surface area contributed by atoms with E-state index < -0.39 is 6.09 Å². The Morgan fingerprint density at radius 1 is 1.13 bits per heavy atom. The molecule has 0 aliphatic carbocycles.